The second-order valence-electron chi connectivity index (χ2n) is 5.27. The molecule has 7 heteroatoms. The first-order valence-corrected chi connectivity index (χ1v) is 7.60. The van der Waals surface area contributed by atoms with Gasteiger partial charge in [-0.1, -0.05) is 20.3 Å². The highest BCUT2D eigenvalue weighted by Gasteiger charge is 2.30. The van der Waals surface area contributed by atoms with Crippen LogP contribution in [0.5, 0.6) is 5.88 Å². The molecule has 0 spiro atoms. The van der Waals surface area contributed by atoms with E-state index in [2.05, 4.69) is 15.3 Å². The average molecular weight is 294 g/mol. The van der Waals surface area contributed by atoms with E-state index in [0.717, 1.165) is 32.1 Å². The SMILES string of the molecule is CCCCOc1nc(CCC)nc(NC2CC2)c1[N+](=O)[O-]. The Kier molecular flexibility index (Phi) is 5.30. The summed E-state index contributed by atoms with van der Waals surface area (Å²) in [5, 5.41) is 14.5. The summed E-state index contributed by atoms with van der Waals surface area (Å²) in [4.78, 5) is 19.4. The first-order chi connectivity index (χ1) is 10.2. The Morgan fingerprint density at radius 1 is 1.33 bits per heavy atom. The Bertz CT molecular complexity index is 503. The Morgan fingerprint density at radius 3 is 2.67 bits per heavy atom. The molecule has 0 bridgehead atoms. The number of nitro groups is 1. The zero-order valence-electron chi connectivity index (χ0n) is 12.6. The second kappa shape index (κ2) is 7.19. The van der Waals surface area contributed by atoms with E-state index in [1.165, 1.54) is 0 Å². The number of aromatic nitrogens is 2. The van der Waals surface area contributed by atoms with Gasteiger partial charge in [0.15, 0.2) is 0 Å². The largest absolute Gasteiger partial charge is 0.473 e. The van der Waals surface area contributed by atoms with Crippen LogP contribution in [0.1, 0.15) is 51.8 Å². The molecule has 1 aromatic heterocycles. The molecule has 1 aliphatic carbocycles. The van der Waals surface area contributed by atoms with Crippen molar-refractivity contribution < 1.29 is 9.66 Å². The molecular weight excluding hydrogens is 272 g/mol. The van der Waals surface area contributed by atoms with Gasteiger partial charge in [0.25, 0.3) is 5.88 Å². The predicted octanol–water partition coefficient (Wildman–Crippen LogP) is 3.09. The third-order valence-electron chi connectivity index (χ3n) is 3.21. The minimum atomic E-state index is -0.457. The van der Waals surface area contributed by atoms with E-state index in [4.69, 9.17) is 4.74 Å². The first-order valence-electron chi connectivity index (χ1n) is 7.60. The normalized spacial score (nSPS) is 14.0. The van der Waals surface area contributed by atoms with Gasteiger partial charge in [-0.3, -0.25) is 10.1 Å². The van der Waals surface area contributed by atoms with Gasteiger partial charge in [-0.05, 0) is 25.7 Å². The molecule has 2 rings (SSSR count). The third kappa shape index (κ3) is 4.27. The van der Waals surface area contributed by atoms with Gasteiger partial charge in [0.05, 0.1) is 11.5 Å². The summed E-state index contributed by atoms with van der Waals surface area (Å²) in [7, 11) is 0. The number of anilines is 1. The minimum absolute atomic E-state index is 0.0926. The lowest BCUT2D eigenvalue weighted by molar-refractivity contribution is -0.385. The number of nitrogens with one attached hydrogen (secondary N) is 1. The highest BCUT2D eigenvalue weighted by atomic mass is 16.6. The second-order valence-corrected chi connectivity index (χ2v) is 5.27. The average Bonchev–Trinajstić information content (AvgIpc) is 3.22. The highest BCUT2D eigenvalue weighted by Crippen LogP contribution is 2.35. The van der Waals surface area contributed by atoms with Crippen LogP contribution in [0.2, 0.25) is 0 Å². The van der Waals surface area contributed by atoms with Gasteiger partial charge < -0.3 is 10.1 Å². The molecule has 1 aromatic rings. The summed E-state index contributed by atoms with van der Waals surface area (Å²) in [6, 6.07) is 0.288. The number of aryl methyl sites for hydroxylation is 1. The van der Waals surface area contributed by atoms with E-state index in [0.29, 0.717) is 24.7 Å². The van der Waals surface area contributed by atoms with Crippen molar-refractivity contribution in [1.29, 1.82) is 0 Å². The molecule has 0 aliphatic heterocycles. The zero-order chi connectivity index (χ0) is 15.2. The van der Waals surface area contributed by atoms with Gasteiger partial charge in [0, 0.05) is 12.5 Å². The van der Waals surface area contributed by atoms with Crippen molar-refractivity contribution in [3.8, 4) is 5.88 Å². The van der Waals surface area contributed by atoms with Gasteiger partial charge in [-0.25, -0.2) is 4.98 Å². The summed E-state index contributed by atoms with van der Waals surface area (Å²) in [5.74, 6) is 0.986. The van der Waals surface area contributed by atoms with E-state index < -0.39 is 4.92 Å². The number of unbranched alkanes of at least 4 members (excludes halogenated alkanes) is 1. The monoisotopic (exact) mass is 294 g/mol. The van der Waals surface area contributed by atoms with Gasteiger partial charge in [0.2, 0.25) is 5.82 Å². The van der Waals surface area contributed by atoms with Crippen LogP contribution >= 0.6 is 0 Å². The molecule has 0 saturated heterocycles. The Morgan fingerprint density at radius 2 is 2.10 bits per heavy atom. The van der Waals surface area contributed by atoms with Gasteiger partial charge in [0.1, 0.15) is 5.82 Å². The molecule has 0 unspecified atom stereocenters. The maximum absolute atomic E-state index is 11.4. The predicted molar refractivity (Wildman–Crippen MR) is 79.7 cm³/mol. The zero-order valence-corrected chi connectivity index (χ0v) is 12.6. The summed E-state index contributed by atoms with van der Waals surface area (Å²) < 4.78 is 5.54. The van der Waals surface area contributed by atoms with Gasteiger partial charge in [-0.2, -0.15) is 4.98 Å². The first kappa shape index (κ1) is 15.5. The van der Waals surface area contributed by atoms with Crippen molar-refractivity contribution in [2.45, 2.75) is 58.4 Å². The molecule has 0 amide bonds. The summed E-state index contributed by atoms with van der Waals surface area (Å²) in [5.41, 5.74) is -0.141. The van der Waals surface area contributed by atoms with Gasteiger partial charge >= 0.3 is 5.69 Å². The molecule has 0 atom stereocenters. The molecular formula is C14H22N4O3. The van der Waals surface area contributed by atoms with Crippen molar-refractivity contribution in [3.05, 3.63) is 15.9 Å². The molecule has 21 heavy (non-hydrogen) atoms. The summed E-state index contributed by atoms with van der Waals surface area (Å²) >= 11 is 0. The lowest BCUT2D eigenvalue weighted by Crippen LogP contribution is -2.12. The van der Waals surface area contributed by atoms with Crippen molar-refractivity contribution >= 4 is 11.5 Å². The maximum atomic E-state index is 11.4. The quantitative estimate of drug-likeness (QED) is 0.427. The summed E-state index contributed by atoms with van der Waals surface area (Å²) in [6.07, 6.45) is 5.42. The van der Waals surface area contributed by atoms with Crippen LogP contribution in [0.4, 0.5) is 11.5 Å². The number of rotatable bonds is 9. The number of hydrogen-bond donors (Lipinski definition) is 1. The Hall–Kier alpha value is -1.92. The fourth-order valence-electron chi connectivity index (χ4n) is 1.91. The molecule has 1 saturated carbocycles. The van der Waals surface area contributed by atoms with Crippen LogP contribution in [-0.2, 0) is 6.42 Å². The Labute approximate surface area is 124 Å². The van der Waals surface area contributed by atoms with Crippen LogP contribution in [0.25, 0.3) is 0 Å². The molecule has 1 aliphatic rings. The van der Waals surface area contributed by atoms with Crippen molar-refractivity contribution in [2.75, 3.05) is 11.9 Å². The van der Waals surface area contributed by atoms with Gasteiger partial charge in [-0.15, -0.1) is 0 Å². The smallest absolute Gasteiger partial charge is 0.372 e. The molecule has 1 N–H and O–H groups in total. The van der Waals surface area contributed by atoms with Crippen LogP contribution in [0.15, 0.2) is 0 Å². The Balaban J connectivity index is 2.31. The van der Waals surface area contributed by atoms with Crippen LogP contribution in [0.3, 0.4) is 0 Å². The summed E-state index contributed by atoms with van der Waals surface area (Å²) in [6.45, 7) is 4.50. The van der Waals surface area contributed by atoms with Crippen LogP contribution in [-0.4, -0.2) is 27.5 Å². The van der Waals surface area contributed by atoms with Crippen LogP contribution in [0, 0.1) is 10.1 Å². The minimum Gasteiger partial charge on any atom is -0.473 e. The molecule has 7 nitrogen and oxygen atoms in total. The highest BCUT2D eigenvalue weighted by molar-refractivity contribution is 5.62. The number of nitrogens with zero attached hydrogens (tertiary/aromatic N) is 3. The topological polar surface area (TPSA) is 90.2 Å². The van der Waals surface area contributed by atoms with Crippen molar-refractivity contribution in [2.24, 2.45) is 0 Å². The maximum Gasteiger partial charge on any atom is 0.372 e. The number of ether oxygens (including phenoxy) is 1. The molecule has 116 valence electrons. The fraction of sp³-hybridized carbons (Fsp3) is 0.714. The molecule has 1 heterocycles. The van der Waals surface area contributed by atoms with Crippen LogP contribution < -0.4 is 10.1 Å². The fourth-order valence-corrected chi connectivity index (χ4v) is 1.91. The lowest BCUT2D eigenvalue weighted by Gasteiger charge is -2.11. The molecule has 0 aromatic carbocycles. The standard InChI is InChI=1S/C14H22N4O3/c1-3-5-9-21-14-12(18(19)20)13(15-10-7-8-10)16-11(17-14)6-4-2/h10H,3-9H2,1-2H3,(H,15,16,17). The molecule has 0 radical (unpaired) electrons. The van der Waals surface area contributed by atoms with E-state index in [-0.39, 0.29) is 17.6 Å². The number of hydrogen-bond acceptors (Lipinski definition) is 6. The van der Waals surface area contributed by atoms with Crippen molar-refractivity contribution in [1.82, 2.24) is 9.97 Å². The van der Waals surface area contributed by atoms with E-state index in [1.807, 2.05) is 13.8 Å². The van der Waals surface area contributed by atoms with E-state index in [1.54, 1.807) is 0 Å². The van der Waals surface area contributed by atoms with E-state index >= 15 is 0 Å². The lowest BCUT2D eigenvalue weighted by atomic mass is 10.3. The molecule has 1 fully saturated rings. The van der Waals surface area contributed by atoms with E-state index in [9.17, 15) is 10.1 Å². The third-order valence-corrected chi connectivity index (χ3v) is 3.21. The van der Waals surface area contributed by atoms with Crippen molar-refractivity contribution in [3.63, 3.8) is 0 Å².